The summed E-state index contributed by atoms with van der Waals surface area (Å²) in [6.45, 7) is 4.57. The zero-order valence-corrected chi connectivity index (χ0v) is 17.2. The molecule has 0 unspecified atom stereocenters. The van der Waals surface area contributed by atoms with Gasteiger partial charge in [0.2, 0.25) is 5.89 Å². The van der Waals surface area contributed by atoms with Crippen LogP contribution in [0, 0.1) is 0 Å². The molecule has 0 radical (unpaired) electrons. The fraction of sp³-hybridized carbons (Fsp3) is 0.300. The fourth-order valence-corrected chi connectivity index (χ4v) is 3.53. The standard InChI is InChI=1S/C20H21N5O3S/c1-13(2)18-21-17(28-24-18)12-29-20-23-22-19(14-6-4-7-15(10-14)26-3)25(20)11-16-8-5-9-27-16/h4-10,13H,11-12H2,1-3H3. The molecule has 4 aromatic rings. The van der Waals surface area contributed by atoms with Crippen molar-refractivity contribution in [3.8, 4) is 17.1 Å². The Labute approximate surface area is 172 Å². The third-order valence-electron chi connectivity index (χ3n) is 4.26. The maximum Gasteiger partial charge on any atom is 0.237 e. The molecule has 0 atom stereocenters. The third kappa shape index (κ3) is 4.34. The summed E-state index contributed by atoms with van der Waals surface area (Å²) in [7, 11) is 1.64. The van der Waals surface area contributed by atoms with Crippen LogP contribution in [0.15, 0.2) is 56.8 Å². The molecule has 0 bridgehead atoms. The van der Waals surface area contributed by atoms with E-state index in [1.54, 1.807) is 13.4 Å². The van der Waals surface area contributed by atoms with Crippen LogP contribution in [0.4, 0.5) is 0 Å². The number of aromatic nitrogens is 5. The van der Waals surface area contributed by atoms with E-state index in [-0.39, 0.29) is 5.92 Å². The second kappa shape index (κ2) is 8.52. The maximum atomic E-state index is 5.54. The van der Waals surface area contributed by atoms with Gasteiger partial charge in [0.25, 0.3) is 0 Å². The number of methoxy groups -OCH3 is 1. The van der Waals surface area contributed by atoms with Crippen LogP contribution in [-0.4, -0.2) is 32.0 Å². The van der Waals surface area contributed by atoms with E-state index in [0.29, 0.717) is 24.0 Å². The number of furan rings is 1. The molecule has 150 valence electrons. The highest BCUT2D eigenvalue weighted by Gasteiger charge is 2.18. The lowest BCUT2D eigenvalue weighted by Crippen LogP contribution is -2.03. The van der Waals surface area contributed by atoms with Gasteiger partial charge in [-0.15, -0.1) is 10.2 Å². The van der Waals surface area contributed by atoms with Gasteiger partial charge in [0.15, 0.2) is 16.8 Å². The van der Waals surface area contributed by atoms with E-state index in [9.17, 15) is 0 Å². The summed E-state index contributed by atoms with van der Waals surface area (Å²) in [6.07, 6.45) is 1.66. The molecule has 0 aliphatic rings. The minimum absolute atomic E-state index is 0.222. The van der Waals surface area contributed by atoms with Crippen molar-refractivity contribution < 1.29 is 13.7 Å². The topological polar surface area (TPSA) is 92.0 Å². The highest BCUT2D eigenvalue weighted by molar-refractivity contribution is 7.98. The highest BCUT2D eigenvalue weighted by Crippen LogP contribution is 2.29. The molecular weight excluding hydrogens is 390 g/mol. The summed E-state index contributed by atoms with van der Waals surface area (Å²) in [4.78, 5) is 4.43. The van der Waals surface area contributed by atoms with E-state index >= 15 is 0 Å². The number of rotatable bonds is 8. The average Bonchev–Trinajstić information content (AvgIpc) is 3.48. The summed E-state index contributed by atoms with van der Waals surface area (Å²) in [5.74, 6) is 4.31. The van der Waals surface area contributed by atoms with E-state index in [2.05, 4.69) is 20.3 Å². The molecule has 9 heteroatoms. The summed E-state index contributed by atoms with van der Waals surface area (Å²) in [5, 5.41) is 13.6. The zero-order chi connectivity index (χ0) is 20.2. The predicted octanol–water partition coefficient (Wildman–Crippen LogP) is 4.39. The van der Waals surface area contributed by atoms with Gasteiger partial charge < -0.3 is 13.7 Å². The molecular formula is C20H21N5O3S. The monoisotopic (exact) mass is 411 g/mol. The van der Waals surface area contributed by atoms with Gasteiger partial charge in [-0.3, -0.25) is 4.57 Å². The molecule has 0 aliphatic heterocycles. The lowest BCUT2D eigenvalue weighted by Gasteiger charge is -2.09. The number of ether oxygens (including phenoxy) is 1. The number of nitrogens with zero attached hydrogens (tertiary/aromatic N) is 5. The Morgan fingerprint density at radius 1 is 1.17 bits per heavy atom. The first-order valence-corrected chi connectivity index (χ1v) is 10.2. The predicted molar refractivity (Wildman–Crippen MR) is 108 cm³/mol. The first kappa shape index (κ1) is 19.3. The quantitative estimate of drug-likeness (QED) is 0.394. The second-order valence-corrected chi connectivity index (χ2v) is 7.64. The zero-order valence-electron chi connectivity index (χ0n) is 16.4. The van der Waals surface area contributed by atoms with Gasteiger partial charge in [-0.1, -0.05) is 42.9 Å². The van der Waals surface area contributed by atoms with Crippen LogP contribution in [0.1, 0.15) is 37.2 Å². The Hall–Kier alpha value is -3.07. The Morgan fingerprint density at radius 2 is 2.07 bits per heavy atom. The minimum atomic E-state index is 0.222. The molecule has 0 spiro atoms. The largest absolute Gasteiger partial charge is 0.497 e. The highest BCUT2D eigenvalue weighted by atomic mass is 32.2. The van der Waals surface area contributed by atoms with Gasteiger partial charge in [0, 0.05) is 11.5 Å². The molecule has 3 heterocycles. The van der Waals surface area contributed by atoms with Crippen molar-refractivity contribution in [3.63, 3.8) is 0 Å². The van der Waals surface area contributed by atoms with Crippen LogP contribution < -0.4 is 4.74 Å². The van der Waals surface area contributed by atoms with Gasteiger partial charge in [0.1, 0.15) is 11.5 Å². The molecule has 0 fully saturated rings. The third-order valence-corrected chi connectivity index (χ3v) is 5.22. The van der Waals surface area contributed by atoms with E-state index in [1.165, 1.54) is 11.8 Å². The Balaban J connectivity index is 1.62. The van der Waals surface area contributed by atoms with Gasteiger partial charge >= 0.3 is 0 Å². The van der Waals surface area contributed by atoms with Gasteiger partial charge in [-0.2, -0.15) is 4.98 Å². The van der Waals surface area contributed by atoms with E-state index < -0.39 is 0 Å². The van der Waals surface area contributed by atoms with Crippen molar-refractivity contribution in [1.29, 1.82) is 0 Å². The molecule has 0 saturated carbocycles. The number of thioether (sulfide) groups is 1. The maximum absolute atomic E-state index is 5.54. The van der Waals surface area contributed by atoms with Crippen molar-refractivity contribution in [3.05, 3.63) is 60.1 Å². The molecule has 29 heavy (non-hydrogen) atoms. The van der Waals surface area contributed by atoms with E-state index in [0.717, 1.165) is 28.1 Å². The van der Waals surface area contributed by atoms with E-state index in [1.807, 2.05) is 54.8 Å². The molecule has 0 saturated heterocycles. The molecule has 8 nitrogen and oxygen atoms in total. The molecule has 4 rings (SSSR count). The summed E-state index contributed by atoms with van der Waals surface area (Å²) in [6, 6.07) is 11.5. The summed E-state index contributed by atoms with van der Waals surface area (Å²) >= 11 is 1.49. The van der Waals surface area contributed by atoms with Crippen LogP contribution in [-0.2, 0) is 12.3 Å². The van der Waals surface area contributed by atoms with E-state index in [4.69, 9.17) is 13.7 Å². The van der Waals surface area contributed by atoms with Crippen molar-refractivity contribution in [2.45, 2.75) is 37.2 Å². The molecule has 0 aliphatic carbocycles. The Kier molecular flexibility index (Phi) is 5.66. The number of hydrogen-bond acceptors (Lipinski definition) is 8. The number of hydrogen-bond donors (Lipinski definition) is 0. The van der Waals surface area contributed by atoms with Crippen LogP contribution in [0.25, 0.3) is 11.4 Å². The lowest BCUT2D eigenvalue weighted by atomic mass is 10.2. The molecule has 0 N–H and O–H groups in total. The lowest BCUT2D eigenvalue weighted by molar-refractivity contribution is 0.382. The van der Waals surface area contributed by atoms with Gasteiger partial charge in [-0.05, 0) is 24.3 Å². The minimum Gasteiger partial charge on any atom is -0.497 e. The summed E-state index contributed by atoms with van der Waals surface area (Å²) < 4.78 is 18.2. The number of benzene rings is 1. The van der Waals surface area contributed by atoms with Crippen molar-refractivity contribution in [2.75, 3.05) is 7.11 Å². The van der Waals surface area contributed by atoms with Gasteiger partial charge in [0.05, 0.1) is 25.7 Å². The first-order valence-electron chi connectivity index (χ1n) is 9.19. The smallest absolute Gasteiger partial charge is 0.237 e. The van der Waals surface area contributed by atoms with Crippen molar-refractivity contribution >= 4 is 11.8 Å². The SMILES string of the molecule is COc1cccc(-c2nnc(SCc3nc(C(C)C)no3)n2Cc2ccco2)c1. The van der Waals surface area contributed by atoms with Crippen LogP contribution in [0.2, 0.25) is 0 Å². The normalized spacial score (nSPS) is 11.3. The van der Waals surface area contributed by atoms with Crippen molar-refractivity contribution in [2.24, 2.45) is 0 Å². The first-order chi connectivity index (χ1) is 14.1. The Morgan fingerprint density at radius 3 is 2.79 bits per heavy atom. The van der Waals surface area contributed by atoms with Crippen LogP contribution >= 0.6 is 11.8 Å². The molecule has 1 aromatic carbocycles. The fourth-order valence-electron chi connectivity index (χ4n) is 2.76. The molecule has 3 aromatic heterocycles. The molecule has 0 amide bonds. The Bertz CT molecular complexity index is 1070. The second-order valence-electron chi connectivity index (χ2n) is 6.69. The van der Waals surface area contributed by atoms with Crippen LogP contribution in [0.5, 0.6) is 5.75 Å². The van der Waals surface area contributed by atoms with Crippen molar-refractivity contribution in [1.82, 2.24) is 24.9 Å². The van der Waals surface area contributed by atoms with Crippen LogP contribution in [0.3, 0.4) is 0 Å². The summed E-state index contributed by atoms with van der Waals surface area (Å²) in [5.41, 5.74) is 0.912. The average molecular weight is 411 g/mol. The van der Waals surface area contributed by atoms with Gasteiger partial charge in [-0.25, -0.2) is 0 Å².